The molecule has 1 aromatic carbocycles. The standard InChI is InChI=1S/C21H25Cl2N3O2S/c1-21(2,3)19(28)26-8-4-5-13(12-26)18(27)25-20-24-11-16(29-20)10-14-9-15(22)6-7-17(14)23/h6-7,9,11,13H,4-5,8,10,12H2,1-3H3,(H,24,25,27). The molecule has 156 valence electrons. The van der Waals surface area contributed by atoms with Crippen LogP contribution in [0.5, 0.6) is 0 Å². The Kier molecular flexibility index (Phi) is 6.87. The fourth-order valence-electron chi connectivity index (χ4n) is 3.37. The molecular weight excluding hydrogens is 429 g/mol. The SMILES string of the molecule is CC(C)(C)C(=O)N1CCCC(C(=O)Nc2ncc(Cc3cc(Cl)ccc3Cl)s2)C1. The highest BCUT2D eigenvalue weighted by Gasteiger charge is 2.33. The van der Waals surface area contributed by atoms with Crippen molar-refractivity contribution in [1.82, 2.24) is 9.88 Å². The molecule has 1 N–H and O–H groups in total. The molecule has 1 saturated heterocycles. The molecule has 0 aliphatic carbocycles. The summed E-state index contributed by atoms with van der Waals surface area (Å²) in [4.78, 5) is 32.4. The van der Waals surface area contributed by atoms with Crippen molar-refractivity contribution in [2.45, 2.75) is 40.0 Å². The molecule has 3 rings (SSSR count). The Morgan fingerprint density at radius 3 is 2.79 bits per heavy atom. The zero-order valence-corrected chi connectivity index (χ0v) is 19.1. The number of piperidine rings is 1. The number of anilines is 1. The summed E-state index contributed by atoms with van der Waals surface area (Å²) >= 11 is 13.7. The van der Waals surface area contributed by atoms with Crippen molar-refractivity contribution in [2.75, 3.05) is 18.4 Å². The zero-order chi connectivity index (χ0) is 21.2. The number of nitrogens with zero attached hydrogens (tertiary/aromatic N) is 2. The van der Waals surface area contributed by atoms with Crippen LogP contribution in [0.4, 0.5) is 5.13 Å². The third-order valence-corrected chi connectivity index (χ3v) is 6.39. The Hall–Kier alpha value is -1.63. The van der Waals surface area contributed by atoms with Crippen LogP contribution in [-0.2, 0) is 16.0 Å². The van der Waals surface area contributed by atoms with E-state index in [1.807, 2.05) is 31.7 Å². The quantitative estimate of drug-likeness (QED) is 0.685. The normalized spacial score (nSPS) is 17.3. The molecule has 2 aromatic rings. The highest BCUT2D eigenvalue weighted by molar-refractivity contribution is 7.15. The predicted molar refractivity (Wildman–Crippen MR) is 119 cm³/mol. The monoisotopic (exact) mass is 453 g/mol. The number of benzene rings is 1. The van der Waals surface area contributed by atoms with Gasteiger partial charge in [-0.25, -0.2) is 4.98 Å². The summed E-state index contributed by atoms with van der Waals surface area (Å²) in [5.74, 6) is -0.215. The topological polar surface area (TPSA) is 62.3 Å². The minimum Gasteiger partial charge on any atom is -0.341 e. The summed E-state index contributed by atoms with van der Waals surface area (Å²) in [6.45, 7) is 6.88. The zero-order valence-electron chi connectivity index (χ0n) is 16.8. The lowest BCUT2D eigenvalue weighted by molar-refractivity contribution is -0.142. The number of carbonyl (C=O) groups is 2. The number of hydrogen-bond donors (Lipinski definition) is 1. The highest BCUT2D eigenvalue weighted by atomic mass is 35.5. The number of likely N-dealkylation sites (tertiary alicyclic amines) is 1. The van der Waals surface area contributed by atoms with Crippen LogP contribution in [-0.4, -0.2) is 34.8 Å². The van der Waals surface area contributed by atoms with Crippen molar-refractivity contribution in [1.29, 1.82) is 0 Å². The van der Waals surface area contributed by atoms with Crippen LogP contribution in [0.2, 0.25) is 10.0 Å². The van der Waals surface area contributed by atoms with Gasteiger partial charge in [-0.3, -0.25) is 9.59 Å². The Morgan fingerprint density at radius 2 is 2.07 bits per heavy atom. The predicted octanol–water partition coefficient (Wildman–Crippen LogP) is 5.26. The number of halogens is 2. The molecule has 2 heterocycles. The summed E-state index contributed by atoms with van der Waals surface area (Å²) in [6.07, 6.45) is 3.95. The number of aromatic nitrogens is 1. The lowest BCUT2D eigenvalue weighted by atomic mass is 9.91. The van der Waals surface area contributed by atoms with Gasteiger partial charge >= 0.3 is 0 Å². The molecule has 0 spiro atoms. The Balaban J connectivity index is 1.61. The summed E-state index contributed by atoms with van der Waals surface area (Å²) in [6, 6.07) is 5.37. The van der Waals surface area contributed by atoms with Gasteiger partial charge in [0.05, 0.1) is 5.92 Å². The Morgan fingerprint density at radius 1 is 1.31 bits per heavy atom. The third-order valence-electron chi connectivity index (χ3n) is 4.88. The van der Waals surface area contributed by atoms with Crippen molar-refractivity contribution in [3.63, 3.8) is 0 Å². The van der Waals surface area contributed by atoms with Crippen LogP contribution in [0.1, 0.15) is 44.1 Å². The van der Waals surface area contributed by atoms with Crippen molar-refractivity contribution < 1.29 is 9.59 Å². The van der Waals surface area contributed by atoms with Gasteiger partial charge in [0.15, 0.2) is 5.13 Å². The number of nitrogens with one attached hydrogen (secondary N) is 1. The van der Waals surface area contributed by atoms with E-state index in [1.165, 1.54) is 11.3 Å². The van der Waals surface area contributed by atoms with Crippen molar-refractivity contribution in [3.8, 4) is 0 Å². The van der Waals surface area contributed by atoms with E-state index in [4.69, 9.17) is 23.2 Å². The molecule has 1 fully saturated rings. The van der Waals surface area contributed by atoms with Gasteiger partial charge in [0.2, 0.25) is 11.8 Å². The molecular formula is C21H25Cl2N3O2S. The van der Waals surface area contributed by atoms with Gasteiger partial charge in [0, 0.05) is 46.0 Å². The van der Waals surface area contributed by atoms with E-state index in [-0.39, 0.29) is 17.7 Å². The number of rotatable bonds is 4. The fraction of sp³-hybridized carbons (Fsp3) is 0.476. The van der Waals surface area contributed by atoms with Crippen LogP contribution in [0.3, 0.4) is 0 Å². The van der Waals surface area contributed by atoms with Crippen LogP contribution >= 0.6 is 34.5 Å². The second-order valence-electron chi connectivity index (χ2n) is 8.37. The van der Waals surface area contributed by atoms with Crippen LogP contribution in [0.15, 0.2) is 24.4 Å². The van der Waals surface area contributed by atoms with Crippen LogP contribution in [0, 0.1) is 11.3 Å². The largest absolute Gasteiger partial charge is 0.341 e. The molecule has 1 aromatic heterocycles. The number of carbonyl (C=O) groups excluding carboxylic acids is 2. The van der Waals surface area contributed by atoms with Crippen molar-refractivity contribution >= 4 is 51.5 Å². The summed E-state index contributed by atoms with van der Waals surface area (Å²) in [5, 5.41) is 4.76. The van der Waals surface area contributed by atoms with Gasteiger partial charge in [0.1, 0.15) is 0 Å². The first-order valence-corrected chi connectivity index (χ1v) is 11.2. The summed E-state index contributed by atoms with van der Waals surface area (Å²) < 4.78 is 0. The highest BCUT2D eigenvalue weighted by Crippen LogP contribution is 2.28. The molecule has 5 nitrogen and oxygen atoms in total. The van der Waals surface area contributed by atoms with E-state index < -0.39 is 5.41 Å². The lowest BCUT2D eigenvalue weighted by Gasteiger charge is -2.35. The van der Waals surface area contributed by atoms with Gasteiger partial charge in [-0.1, -0.05) is 44.0 Å². The number of thiazole rings is 1. The molecule has 0 radical (unpaired) electrons. The van der Waals surface area contributed by atoms with Gasteiger partial charge in [-0.2, -0.15) is 0 Å². The maximum Gasteiger partial charge on any atom is 0.231 e. The van der Waals surface area contributed by atoms with Crippen molar-refractivity contribution in [3.05, 3.63) is 44.9 Å². The molecule has 8 heteroatoms. The Labute approximate surface area is 185 Å². The summed E-state index contributed by atoms with van der Waals surface area (Å²) in [7, 11) is 0. The summed E-state index contributed by atoms with van der Waals surface area (Å²) in [5.41, 5.74) is 0.480. The smallest absolute Gasteiger partial charge is 0.231 e. The van der Waals surface area contributed by atoms with E-state index in [1.54, 1.807) is 18.3 Å². The minimum absolute atomic E-state index is 0.0851. The molecule has 2 amide bonds. The van der Waals surface area contributed by atoms with Gasteiger partial charge < -0.3 is 10.2 Å². The molecule has 1 atom stereocenters. The second-order valence-corrected chi connectivity index (χ2v) is 10.3. The molecule has 1 aliphatic heterocycles. The molecule has 0 saturated carbocycles. The maximum absolute atomic E-state index is 12.7. The maximum atomic E-state index is 12.7. The average molecular weight is 454 g/mol. The van der Waals surface area contributed by atoms with Gasteiger partial charge in [-0.15, -0.1) is 11.3 Å². The Bertz CT molecular complexity index is 908. The van der Waals surface area contributed by atoms with E-state index in [2.05, 4.69) is 10.3 Å². The van der Waals surface area contributed by atoms with E-state index in [9.17, 15) is 9.59 Å². The lowest BCUT2D eigenvalue weighted by Crippen LogP contribution is -2.47. The van der Waals surface area contributed by atoms with Gasteiger partial charge in [0.25, 0.3) is 0 Å². The molecule has 29 heavy (non-hydrogen) atoms. The number of amides is 2. The van der Waals surface area contributed by atoms with Crippen LogP contribution in [0.25, 0.3) is 0 Å². The van der Waals surface area contributed by atoms with E-state index in [0.29, 0.717) is 34.7 Å². The average Bonchev–Trinajstić information content (AvgIpc) is 3.10. The second kappa shape index (κ2) is 9.02. The first-order chi connectivity index (χ1) is 13.6. The minimum atomic E-state index is -0.440. The third kappa shape index (κ3) is 5.71. The number of hydrogen-bond acceptors (Lipinski definition) is 4. The van der Waals surface area contributed by atoms with Gasteiger partial charge in [-0.05, 0) is 36.6 Å². The molecule has 1 aliphatic rings. The van der Waals surface area contributed by atoms with E-state index in [0.717, 1.165) is 23.3 Å². The molecule has 1 unspecified atom stereocenters. The first-order valence-electron chi connectivity index (χ1n) is 9.62. The molecule has 0 bridgehead atoms. The fourth-order valence-corrected chi connectivity index (χ4v) is 4.59. The van der Waals surface area contributed by atoms with E-state index >= 15 is 0 Å². The van der Waals surface area contributed by atoms with Crippen molar-refractivity contribution in [2.24, 2.45) is 11.3 Å². The van der Waals surface area contributed by atoms with Crippen LogP contribution < -0.4 is 5.32 Å². The first kappa shape index (κ1) is 22.1.